The minimum absolute atomic E-state index is 0.232. The van der Waals surface area contributed by atoms with Crippen LogP contribution in [0.15, 0.2) is 52.9 Å². The number of rotatable bonds is 5. The summed E-state index contributed by atoms with van der Waals surface area (Å²) in [6.07, 6.45) is 1.92. The number of nitrogens with two attached hydrogens (primary N) is 1. The van der Waals surface area contributed by atoms with Crippen LogP contribution < -0.4 is 11.1 Å². The van der Waals surface area contributed by atoms with Gasteiger partial charge in [-0.05, 0) is 49.2 Å². The predicted octanol–water partition coefficient (Wildman–Crippen LogP) is 2.87. The van der Waals surface area contributed by atoms with Gasteiger partial charge in [0.2, 0.25) is 5.89 Å². The van der Waals surface area contributed by atoms with Crippen molar-refractivity contribution < 1.29 is 4.42 Å². The van der Waals surface area contributed by atoms with Crippen LogP contribution in [0, 0.1) is 0 Å². The average Bonchev–Trinajstić information content (AvgIpc) is 2.92. The number of hydrogen-bond donors (Lipinski definition) is 2. The highest BCUT2D eigenvalue weighted by atomic mass is 16.3. The van der Waals surface area contributed by atoms with Gasteiger partial charge in [-0.1, -0.05) is 36.4 Å². The molecule has 0 bridgehead atoms. The smallest absolute Gasteiger partial charge is 0.212 e. The van der Waals surface area contributed by atoms with Crippen LogP contribution in [0.3, 0.4) is 0 Å². The van der Waals surface area contributed by atoms with E-state index in [2.05, 4.69) is 39.5 Å². The second-order valence-electron chi connectivity index (χ2n) is 7.03. The molecule has 136 valence electrons. The molecule has 1 unspecified atom stereocenters. The molecule has 0 spiro atoms. The second-order valence-corrected chi connectivity index (χ2v) is 7.03. The lowest BCUT2D eigenvalue weighted by atomic mass is 10.1. The number of benzene rings is 2. The maximum Gasteiger partial charge on any atom is 0.212 e. The fourth-order valence-corrected chi connectivity index (χ4v) is 3.52. The molecule has 26 heavy (non-hydrogen) atoms. The molecule has 2 aromatic carbocycles. The highest BCUT2D eigenvalue weighted by Crippen LogP contribution is 2.23. The van der Waals surface area contributed by atoms with Crippen LogP contribution in [0.5, 0.6) is 0 Å². The highest BCUT2D eigenvalue weighted by molar-refractivity contribution is 5.73. The summed E-state index contributed by atoms with van der Waals surface area (Å²) in [5.74, 6) is 0.611. The summed E-state index contributed by atoms with van der Waals surface area (Å²) in [7, 11) is 0. The van der Waals surface area contributed by atoms with Gasteiger partial charge in [0.15, 0.2) is 5.58 Å². The van der Waals surface area contributed by atoms with Crippen molar-refractivity contribution in [2.45, 2.75) is 25.4 Å². The van der Waals surface area contributed by atoms with Gasteiger partial charge >= 0.3 is 0 Å². The van der Waals surface area contributed by atoms with Crippen molar-refractivity contribution in [1.29, 1.82) is 0 Å². The Morgan fingerprint density at radius 3 is 2.85 bits per heavy atom. The van der Waals surface area contributed by atoms with Crippen LogP contribution in [-0.2, 0) is 13.0 Å². The summed E-state index contributed by atoms with van der Waals surface area (Å²) in [5.41, 5.74) is 10.5. The number of hydrogen-bond acceptors (Lipinski definition) is 5. The van der Waals surface area contributed by atoms with E-state index < -0.39 is 0 Å². The molecule has 1 atom stereocenters. The first-order valence-electron chi connectivity index (χ1n) is 9.40. The molecule has 1 aliphatic rings. The third-order valence-corrected chi connectivity index (χ3v) is 4.92. The van der Waals surface area contributed by atoms with Crippen molar-refractivity contribution in [3.63, 3.8) is 0 Å². The van der Waals surface area contributed by atoms with E-state index in [0.29, 0.717) is 5.89 Å². The van der Waals surface area contributed by atoms with E-state index in [4.69, 9.17) is 10.2 Å². The molecule has 4 rings (SSSR count). The van der Waals surface area contributed by atoms with Gasteiger partial charge in [-0.3, -0.25) is 4.90 Å². The lowest BCUT2D eigenvalue weighted by molar-refractivity contribution is 0.284. The summed E-state index contributed by atoms with van der Waals surface area (Å²) in [6, 6.07) is 16.3. The fourth-order valence-electron chi connectivity index (χ4n) is 3.52. The topological polar surface area (TPSA) is 67.3 Å². The monoisotopic (exact) mass is 350 g/mol. The van der Waals surface area contributed by atoms with Crippen LogP contribution in [0.4, 0.5) is 0 Å². The number of aromatic nitrogens is 1. The van der Waals surface area contributed by atoms with Gasteiger partial charge in [-0.25, -0.2) is 4.98 Å². The molecule has 1 aliphatic heterocycles. The summed E-state index contributed by atoms with van der Waals surface area (Å²) in [4.78, 5) is 7.15. The molecule has 5 nitrogen and oxygen atoms in total. The number of nitrogens with one attached hydrogen (secondary N) is 1. The van der Waals surface area contributed by atoms with Crippen LogP contribution >= 0.6 is 0 Å². The van der Waals surface area contributed by atoms with Crippen molar-refractivity contribution in [3.8, 4) is 0 Å². The predicted molar refractivity (Wildman–Crippen MR) is 104 cm³/mol. The number of oxazole rings is 1. The Bertz CT molecular complexity index is 838. The molecule has 0 saturated carbocycles. The average molecular weight is 350 g/mol. The van der Waals surface area contributed by atoms with E-state index in [1.165, 1.54) is 17.5 Å². The van der Waals surface area contributed by atoms with Gasteiger partial charge in [0.25, 0.3) is 0 Å². The second kappa shape index (κ2) is 7.99. The van der Waals surface area contributed by atoms with E-state index in [1.54, 1.807) is 0 Å². The van der Waals surface area contributed by atoms with Crippen molar-refractivity contribution in [3.05, 3.63) is 65.5 Å². The van der Waals surface area contributed by atoms with Crippen LogP contribution in [0.1, 0.15) is 29.5 Å². The van der Waals surface area contributed by atoms with Gasteiger partial charge in [0.1, 0.15) is 5.52 Å². The summed E-state index contributed by atoms with van der Waals surface area (Å²) < 4.78 is 5.91. The molecule has 0 amide bonds. The van der Waals surface area contributed by atoms with Gasteiger partial charge in [0, 0.05) is 19.6 Å². The van der Waals surface area contributed by atoms with Gasteiger partial charge < -0.3 is 15.5 Å². The zero-order chi connectivity index (χ0) is 17.8. The lowest BCUT2D eigenvalue weighted by Crippen LogP contribution is -2.27. The van der Waals surface area contributed by atoms with E-state index >= 15 is 0 Å². The van der Waals surface area contributed by atoms with Gasteiger partial charge in [0.05, 0.1) is 6.04 Å². The number of fused-ring (bicyclic) bond motifs is 1. The molecule has 1 fully saturated rings. The quantitative estimate of drug-likeness (QED) is 0.741. The minimum Gasteiger partial charge on any atom is -0.439 e. The first-order valence-corrected chi connectivity index (χ1v) is 9.40. The van der Waals surface area contributed by atoms with E-state index in [-0.39, 0.29) is 6.04 Å². The third kappa shape index (κ3) is 4.12. The largest absolute Gasteiger partial charge is 0.439 e. The molecule has 0 radical (unpaired) electrons. The standard InChI is InChI=1S/C21H26N4O/c22-18(13-16-5-2-1-3-6-16)21-24-19-14-17(7-8-20(19)26-21)15-25-11-4-9-23-10-12-25/h1-3,5-8,14,18,23H,4,9-13,15,22H2. The molecule has 3 aromatic rings. The van der Waals surface area contributed by atoms with Crippen molar-refractivity contribution >= 4 is 11.1 Å². The normalized spacial score (nSPS) is 17.3. The van der Waals surface area contributed by atoms with Crippen LogP contribution in [0.25, 0.3) is 11.1 Å². The van der Waals surface area contributed by atoms with Gasteiger partial charge in [-0.2, -0.15) is 0 Å². The SMILES string of the molecule is NC(Cc1ccccc1)c1nc2cc(CN3CCCNCC3)ccc2o1. The molecule has 0 aliphatic carbocycles. The molecule has 5 heteroatoms. The molecule has 1 saturated heterocycles. The van der Waals surface area contributed by atoms with Crippen molar-refractivity contribution in [1.82, 2.24) is 15.2 Å². The molecular formula is C21H26N4O. The van der Waals surface area contributed by atoms with Gasteiger partial charge in [-0.15, -0.1) is 0 Å². The Kier molecular flexibility index (Phi) is 5.29. The molecule has 2 heterocycles. The van der Waals surface area contributed by atoms with Crippen LogP contribution in [0.2, 0.25) is 0 Å². The Morgan fingerprint density at radius 2 is 1.96 bits per heavy atom. The molecule has 1 aromatic heterocycles. The van der Waals surface area contributed by atoms with Crippen molar-refractivity contribution in [2.24, 2.45) is 5.73 Å². The Labute approximate surface area is 154 Å². The lowest BCUT2D eigenvalue weighted by Gasteiger charge is -2.19. The molecule has 3 N–H and O–H groups in total. The number of nitrogens with zero attached hydrogens (tertiary/aromatic N) is 2. The van der Waals surface area contributed by atoms with Crippen LogP contribution in [-0.4, -0.2) is 36.1 Å². The Hall–Kier alpha value is -2.21. The first-order chi connectivity index (χ1) is 12.8. The first kappa shape index (κ1) is 17.2. The Balaban J connectivity index is 1.48. The zero-order valence-corrected chi connectivity index (χ0v) is 15.0. The van der Waals surface area contributed by atoms with Crippen molar-refractivity contribution in [2.75, 3.05) is 26.2 Å². The highest BCUT2D eigenvalue weighted by Gasteiger charge is 2.16. The maximum atomic E-state index is 6.32. The summed E-state index contributed by atoms with van der Waals surface area (Å²) in [6.45, 7) is 5.35. The fraction of sp³-hybridized carbons (Fsp3) is 0.381. The zero-order valence-electron chi connectivity index (χ0n) is 15.0. The third-order valence-electron chi connectivity index (χ3n) is 4.92. The van der Waals surface area contributed by atoms with E-state index in [9.17, 15) is 0 Å². The van der Waals surface area contributed by atoms with E-state index in [0.717, 1.165) is 50.2 Å². The Morgan fingerprint density at radius 1 is 1.08 bits per heavy atom. The van der Waals surface area contributed by atoms with E-state index in [1.807, 2.05) is 24.3 Å². The summed E-state index contributed by atoms with van der Waals surface area (Å²) >= 11 is 0. The molecular weight excluding hydrogens is 324 g/mol. The summed E-state index contributed by atoms with van der Waals surface area (Å²) in [5, 5.41) is 3.45. The minimum atomic E-state index is -0.232. The maximum absolute atomic E-state index is 6.32.